The van der Waals surface area contributed by atoms with Gasteiger partial charge in [-0.15, -0.1) is 12.4 Å². The third-order valence-corrected chi connectivity index (χ3v) is 5.31. The second-order valence-electron chi connectivity index (χ2n) is 6.59. The van der Waals surface area contributed by atoms with Gasteiger partial charge in [0.05, 0.1) is 5.41 Å². The van der Waals surface area contributed by atoms with Crippen molar-refractivity contribution in [2.75, 3.05) is 6.54 Å². The van der Waals surface area contributed by atoms with Crippen LogP contribution in [0.3, 0.4) is 0 Å². The summed E-state index contributed by atoms with van der Waals surface area (Å²) in [5, 5.41) is 9.53. The topological polar surface area (TPSA) is 63.3 Å². The summed E-state index contributed by atoms with van der Waals surface area (Å²) in [7, 11) is 0. The van der Waals surface area contributed by atoms with E-state index < -0.39 is 5.97 Å². The summed E-state index contributed by atoms with van der Waals surface area (Å²) < 4.78 is 0. The number of rotatable bonds is 3. The zero-order valence-electron chi connectivity index (χ0n) is 10.2. The molecule has 4 aliphatic carbocycles. The van der Waals surface area contributed by atoms with Crippen LogP contribution in [0.5, 0.6) is 0 Å². The Kier molecular flexibility index (Phi) is 3.20. The number of aliphatic carboxylic acids is 1. The zero-order chi connectivity index (χ0) is 11.4. The highest BCUT2D eigenvalue weighted by molar-refractivity contribution is 5.85. The molecule has 2 atom stereocenters. The Hall–Kier alpha value is -0.280. The maximum Gasteiger partial charge on any atom is 0.309 e. The van der Waals surface area contributed by atoms with Crippen LogP contribution < -0.4 is 5.73 Å². The van der Waals surface area contributed by atoms with Crippen LogP contribution in [0.4, 0.5) is 0 Å². The maximum absolute atomic E-state index is 11.6. The van der Waals surface area contributed by atoms with Crippen LogP contribution in [0.15, 0.2) is 0 Å². The number of hydrogen-bond donors (Lipinski definition) is 2. The van der Waals surface area contributed by atoms with E-state index in [1.807, 2.05) is 0 Å². The molecule has 0 heterocycles. The van der Waals surface area contributed by atoms with E-state index in [0.717, 1.165) is 32.2 Å². The van der Waals surface area contributed by atoms with Crippen LogP contribution in [0.2, 0.25) is 0 Å². The Balaban J connectivity index is 0.00000108. The Morgan fingerprint density at radius 1 is 1.24 bits per heavy atom. The first-order chi connectivity index (χ1) is 7.57. The number of nitrogens with two attached hydrogens (primary N) is 1. The van der Waals surface area contributed by atoms with E-state index in [0.29, 0.717) is 11.8 Å². The molecule has 0 radical (unpaired) electrons. The zero-order valence-corrected chi connectivity index (χ0v) is 11.0. The van der Waals surface area contributed by atoms with Crippen molar-refractivity contribution in [3.63, 3.8) is 0 Å². The summed E-state index contributed by atoms with van der Waals surface area (Å²) in [5.74, 6) is 0.802. The highest BCUT2D eigenvalue weighted by atomic mass is 35.5. The van der Waals surface area contributed by atoms with E-state index in [1.54, 1.807) is 0 Å². The van der Waals surface area contributed by atoms with Crippen molar-refractivity contribution < 1.29 is 9.90 Å². The molecule has 4 heteroatoms. The fourth-order valence-corrected chi connectivity index (χ4v) is 5.30. The molecular weight excluding hydrogens is 238 g/mol. The molecule has 0 amide bonds. The van der Waals surface area contributed by atoms with Crippen LogP contribution in [-0.2, 0) is 4.79 Å². The van der Waals surface area contributed by atoms with Gasteiger partial charge in [0.1, 0.15) is 0 Å². The van der Waals surface area contributed by atoms with Gasteiger partial charge in [0.15, 0.2) is 0 Å². The molecular formula is C13H22ClNO2. The Morgan fingerprint density at radius 3 is 2.29 bits per heavy atom. The molecule has 0 aliphatic heterocycles. The maximum atomic E-state index is 11.6. The molecule has 2 unspecified atom stereocenters. The molecule has 0 spiro atoms. The molecule has 17 heavy (non-hydrogen) atoms. The molecule has 3 N–H and O–H groups in total. The summed E-state index contributed by atoms with van der Waals surface area (Å²) >= 11 is 0. The van der Waals surface area contributed by atoms with Crippen LogP contribution in [0, 0.1) is 22.7 Å². The number of carbonyl (C=O) groups is 1. The predicted octanol–water partition coefficient (Wildman–Crippen LogP) is 2.43. The van der Waals surface area contributed by atoms with Gasteiger partial charge >= 0.3 is 5.97 Å². The summed E-state index contributed by atoms with van der Waals surface area (Å²) in [5.41, 5.74) is 5.63. The van der Waals surface area contributed by atoms with E-state index in [4.69, 9.17) is 5.73 Å². The van der Waals surface area contributed by atoms with E-state index in [9.17, 15) is 9.90 Å². The molecule has 4 saturated carbocycles. The largest absolute Gasteiger partial charge is 0.481 e. The lowest BCUT2D eigenvalue weighted by molar-refractivity contribution is -0.175. The van der Waals surface area contributed by atoms with Gasteiger partial charge in [-0.3, -0.25) is 4.79 Å². The highest BCUT2D eigenvalue weighted by Crippen LogP contribution is 2.66. The van der Waals surface area contributed by atoms with E-state index in [2.05, 4.69) is 0 Å². The van der Waals surface area contributed by atoms with Crippen LogP contribution in [-0.4, -0.2) is 17.6 Å². The molecule has 4 bridgehead atoms. The van der Waals surface area contributed by atoms with Gasteiger partial charge < -0.3 is 10.8 Å². The van der Waals surface area contributed by atoms with E-state index in [-0.39, 0.29) is 23.2 Å². The monoisotopic (exact) mass is 259 g/mol. The molecule has 0 aromatic heterocycles. The second-order valence-corrected chi connectivity index (χ2v) is 6.59. The lowest BCUT2D eigenvalue weighted by Crippen LogP contribution is -2.55. The number of hydrogen-bond acceptors (Lipinski definition) is 2. The molecule has 0 saturated heterocycles. The summed E-state index contributed by atoms with van der Waals surface area (Å²) in [6.07, 6.45) is 7.58. The van der Waals surface area contributed by atoms with Gasteiger partial charge in [0, 0.05) is 0 Å². The van der Waals surface area contributed by atoms with Gasteiger partial charge in [-0.25, -0.2) is 0 Å². The first kappa shape index (κ1) is 13.2. The summed E-state index contributed by atoms with van der Waals surface area (Å²) in [4.78, 5) is 11.6. The lowest BCUT2D eigenvalue weighted by atomic mass is 9.43. The van der Waals surface area contributed by atoms with Gasteiger partial charge in [0.25, 0.3) is 0 Å². The van der Waals surface area contributed by atoms with E-state index in [1.165, 1.54) is 19.3 Å². The standard InChI is InChI=1S/C13H21NO2.ClH/c14-2-1-12-4-9-3-10(5-12)7-13(6-9,8-12)11(15)16;/h9-10H,1-8,14H2,(H,15,16);1H. The number of halogens is 1. The van der Waals surface area contributed by atoms with Crippen molar-refractivity contribution in [1.29, 1.82) is 0 Å². The first-order valence-electron chi connectivity index (χ1n) is 6.51. The van der Waals surface area contributed by atoms with Gasteiger partial charge in [-0.1, -0.05) is 0 Å². The minimum absolute atomic E-state index is 0. The lowest BCUT2D eigenvalue weighted by Gasteiger charge is -2.60. The Bertz CT molecular complexity index is 317. The normalized spacial score (nSPS) is 46.6. The third kappa shape index (κ3) is 1.88. The van der Waals surface area contributed by atoms with E-state index >= 15 is 0 Å². The van der Waals surface area contributed by atoms with Gasteiger partial charge in [0.2, 0.25) is 0 Å². The molecule has 4 aliphatic rings. The average Bonchev–Trinajstić information content (AvgIpc) is 2.14. The first-order valence-corrected chi connectivity index (χ1v) is 6.51. The van der Waals surface area contributed by atoms with Crippen molar-refractivity contribution >= 4 is 18.4 Å². The Morgan fingerprint density at radius 2 is 1.82 bits per heavy atom. The van der Waals surface area contributed by atoms with Crippen LogP contribution in [0.1, 0.15) is 44.9 Å². The summed E-state index contributed by atoms with van der Waals surface area (Å²) in [6.45, 7) is 0.717. The van der Waals surface area contributed by atoms with Gasteiger partial charge in [-0.05, 0) is 68.7 Å². The van der Waals surface area contributed by atoms with Crippen molar-refractivity contribution in [2.45, 2.75) is 44.9 Å². The quantitative estimate of drug-likeness (QED) is 0.818. The fraction of sp³-hybridized carbons (Fsp3) is 0.923. The van der Waals surface area contributed by atoms with Crippen molar-refractivity contribution in [3.05, 3.63) is 0 Å². The third-order valence-electron chi connectivity index (χ3n) is 5.31. The van der Waals surface area contributed by atoms with Crippen molar-refractivity contribution in [2.24, 2.45) is 28.4 Å². The minimum Gasteiger partial charge on any atom is -0.481 e. The molecule has 4 fully saturated rings. The molecule has 98 valence electrons. The highest BCUT2D eigenvalue weighted by Gasteiger charge is 2.60. The van der Waals surface area contributed by atoms with Crippen molar-refractivity contribution in [3.8, 4) is 0 Å². The number of carboxylic acid groups (broad SMARTS) is 1. The van der Waals surface area contributed by atoms with Crippen LogP contribution in [0.25, 0.3) is 0 Å². The number of carboxylic acids is 1. The molecule has 3 nitrogen and oxygen atoms in total. The van der Waals surface area contributed by atoms with Gasteiger partial charge in [-0.2, -0.15) is 0 Å². The molecule has 0 aromatic rings. The molecule has 4 rings (SSSR count). The minimum atomic E-state index is -0.539. The van der Waals surface area contributed by atoms with Crippen molar-refractivity contribution in [1.82, 2.24) is 0 Å². The SMILES string of the molecule is Cl.NCCC12CC3CC(C1)CC(C(=O)O)(C3)C2. The smallest absolute Gasteiger partial charge is 0.309 e. The molecule has 0 aromatic carbocycles. The fourth-order valence-electron chi connectivity index (χ4n) is 5.30. The average molecular weight is 260 g/mol. The second kappa shape index (κ2) is 4.13. The Labute approximate surface area is 109 Å². The predicted molar refractivity (Wildman–Crippen MR) is 68.1 cm³/mol. The van der Waals surface area contributed by atoms with Crippen LogP contribution >= 0.6 is 12.4 Å². The summed E-state index contributed by atoms with van der Waals surface area (Å²) in [6, 6.07) is 0.